The number of fused-ring (bicyclic) bond motifs is 1. The standard InChI is InChI=1S/C20H20N4O/c1-3-24(4-2)16-10-9-14(19(25)12-16)11-15(13-21)20-22-17-7-5-6-8-18(17)23-20/h5-12,25H,3-4H2,1-2H3,(H,22,23)/b15-11-. The number of H-pyrrole nitrogens is 1. The Hall–Kier alpha value is -3.26. The van der Waals surface area contributed by atoms with Crippen molar-refractivity contribution in [3.63, 3.8) is 0 Å². The van der Waals surface area contributed by atoms with E-state index >= 15 is 0 Å². The van der Waals surface area contributed by atoms with Gasteiger partial charge in [-0.2, -0.15) is 5.26 Å². The maximum Gasteiger partial charge on any atom is 0.149 e. The Morgan fingerprint density at radius 3 is 2.64 bits per heavy atom. The lowest BCUT2D eigenvalue weighted by atomic mass is 10.1. The van der Waals surface area contributed by atoms with Gasteiger partial charge in [0.25, 0.3) is 0 Å². The van der Waals surface area contributed by atoms with Crippen LogP contribution < -0.4 is 4.90 Å². The van der Waals surface area contributed by atoms with Gasteiger partial charge in [-0.05, 0) is 44.2 Å². The second-order valence-electron chi connectivity index (χ2n) is 5.69. The number of aromatic nitrogens is 2. The van der Waals surface area contributed by atoms with Gasteiger partial charge in [0.05, 0.1) is 16.6 Å². The highest BCUT2D eigenvalue weighted by molar-refractivity contribution is 5.91. The van der Waals surface area contributed by atoms with Crippen molar-refractivity contribution in [1.82, 2.24) is 9.97 Å². The molecule has 3 rings (SSSR count). The Labute approximate surface area is 146 Å². The second kappa shape index (κ2) is 7.10. The predicted octanol–water partition coefficient (Wildman–Crippen LogP) is 4.18. The van der Waals surface area contributed by atoms with Crippen LogP contribution in [-0.2, 0) is 0 Å². The Morgan fingerprint density at radius 2 is 2.00 bits per heavy atom. The molecule has 25 heavy (non-hydrogen) atoms. The van der Waals surface area contributed by atoms with Crippen molar-refractivity contribution < 1.29 is 5.11 Å². The molecule has 0 aliphatic rings. The summed E-state index contributed by atoms with van der Waals surface area (Å²) in [7, 11) is 0. The first kappa shape index (κ1) is 16.6. The molecule has 0 aliphatic carbocycles. The highest BCUT2D eigenvalue weighted by atomic mass is 16.3. The number of imidazole rings is 1. The van der Waals surface area contributed by atoms with E-state index in [2.05, 4.69) is 34.8 Å². The molecule has 5 nitrogen and oxygen atoms in total. The summed E-state index contributed by atoms with van der Waals surface area (Å²) in [6, 6.07) is 15.3. The van der Waals surface area contributed by atoms with Gasteiger partial charge in [0.1, 0.15) is 17.6 Å². The van der Waals surface area contributed by atoms with Gasteiger partial charge >= 0.3 is 0 Å². The molecule has 5 heteroatoms. The van der Waals surface area contributed by atoms with Crippen LogP contribution in [0.15, 0.2) is 42.5 Å². The summed E-state index contributed by atoms with van der Waals surface area (Å²) in [5.74, 6) is 0.643. The third-order valence-electron chi connectivity index (χ3n) is 4.21. The number of allylic oxidation sites excluding steroid dienone is 1. The highest BCUT2D eigenvalue weighted by Gasteiger charge is 2.10. The molecule has 0 atom stereocenters. The van der Waals surface area contributed by atoms with E-state index < -0.39 is 0 Å². The summed E-state index contributed by atoms with van der Waals surface area (Å²) in [4.78, 5) is 9.74. The van der Waals surface area contributed by atoms with Crippen LogP contribution in [0, 0.1) is 11.3 Å². The van der Waals surface area contributed by atoms with Crippen molar-refractivity contribution in [2.75, 3.05) is 18.0 Å². The van der Waals surface area contributed by atoms with Crippen molar-refractivity contribution in [3.8, 4) is 11.8 Å². The largest absolute Gasteiger partial charge is 0.507 e. The number of aromatic hydroxyl groups is 1. The molecule has 0 aliphatic heterocycles. The van der Waals surface area contributed by atoms with Crippen LogP contribution in [0.4, 0.5) is 5.69 Å². The Bertz CT molecular complexity index is 928. The molecule has 1 heterocycles. The van der Waals surface area contributed by atoms with E-state index in [0.29, 0.717) is 17.0 Å². The van der Waals surface area contributed by atoms with E-state index in [1.54, 1.807) is 12.1 Å². The van der Waals surface area contributed by atoms with E-state index in [0.717, 1.165) is 29.8 Å². The predicted molar refractivity (Wildman–Crippen MR) is 101 cm³/mol. The fraction of sp³-hybridized carbons (Fsp3) is 0.200. The van der Waals surface area contributed by atoms with Gasteiger partial charge in [0.15, 0.2) is 0 Å². The first-order valence-electron chi connectivity index (χ1n) is 8.31. The van der Waals surface area contributed by atoms with Crippen LogP contribution in [0.25, 0.3) is 22.7 Å². The van der Waals surface area contributed by atoms with Gasteiger partial charge in [0, 0.05) is 30.4 Å². The molecule has 2 aromatic carbocycles. The number of hydrogen-bond acceptors (Lipinski definition) is 4. The number of rotatable bonds is 5. The number of nitrogens with one attached hydrogen (secondary N) is 1. The number of phenolic OH excluding ortho intramolecular Hbond substituents is 1. The molecule has 0 unspecified atom stereocenters. The number of phenols is 1. The topological polar surface area (TPSA) is 75.9 Å². The normalized spacial score (nSPS) is 11.5. The van der Waals surface area contributed by atoms with Gasteiger partial charge in [-0.3, -0.25) is 0 Å². The highest BCUT2D eigenvalue weighted by Crippen LogP contribution is 2.28. The summed E-state index contributed by atoms with van der Waals surface area (Å²) in [6.07, 6.45) is 1.65. The zero-order valence-electron chi connectivity index (χ0n) is 14.3. The van der Waals surface area contributed by atoms with Crippen molar-refractivity contribution in [2.24, 2.45) is 0 Å². The molecule has 0 saturated carbocycles. The fourth-order valence-corrected chi connectivity index (χ4v) is 2.83. The van der Waals surface area contributed by atoms with E-state index in [9.17, 15) is 10.4 Å². The molecule has 126 valence electrons. The lowest BCUT2D eigenvalue weighted by Gasteiger charge is -2.21. The Kier molecular flexibility index (Phi) is 4.71. The number of nitriles is 1. The average Bonchev–Trinajstić information content (AvgIpc) is 3.06. The quantitative estimate of drug-likeness (QED) is 0.687. The summed E-state index contributed by atoms with van der Waals surface area (Å²) in [6.45, 7) is 5.88. The minimum atomic E-state index is 0.147. The molecule has 2 N–H and O–H groups in total. The zero-order chi connectivity index (χ0) is 17.8. The van der Waals surface area contributed by atoms with Crippen molar-refractivity contribution in [2.45, 2.75) is 13.8 Å². The third kappa shape index (κ3) is 3.33. The van der Waals surface area contributed by atoms with Crippen LogP contribution in [0.3, 0.4) is 0 Å². The summed E-state index contributed by atoms with van der Waals surface area (Å²) >= 11 is 0. The number of nitrogens with zero attached hydrogens (tertiary/aromatic N) is 3. The molecule has 0 bridgehead atoms. The van der Waals surface area contributed by atoms with E-state index in [4.69, 9.17) is 0 Å². The van der Waals surface area contributed by atoms with Gasteiger partial charge < -0.3 is 15.0 Å². The van der Waals surface area contributed by atoms with Crippen LogP contribution in [-0.4, -0.2) is 28.2 Å². The molecule has 0 radical (unpaired) electrons. The van der Waals surface area contributed by atoms with Crippen molar-refractivity contribution in [3.05, 3.63) is 53.9 Å². The molecule has 0 spiro atoms. The SMILES string of the molecule is CCN(CC)c1ccc(/C=C(/C#N)c2nc3ccccc3[nH]2)c(O)c1. The van der Waals surface area contributed by atoms with Crippen molar-refractivity contribution in [1.29, 1.82) is 5.26 Å². The first-order valence-corrected chi connectivity index (χ1v) is 8.31. The average molecular weight is 332 g/mol. The van der Waals surface area contributed by atoms with Gasteiger partial charge in [-0.1, -0.05) is 12.1 Å². The molecule has 0 amide bonds. The lowest BCUT2D eigenvalue weighted by molar-refractivity contribution is 0.474. The minimum Gasteiger partial charge on any atom is -0.507 e. The first-order chi connectivity index (χ1) is 12.2. The van der Waals surface area contributed by atoms with E-state index in [1.165, 1.54) is 0 Å². The monoisotopic (exact) mass is 332 g/mol. The van der Waals surface area contributed by atoms with Crippen LogP contribution >= 0.6 is 0 Å². The number of benzene rings is 2. The number of hydrogen-bond donors (Lipinski definition) is 2. The van der Waals surface area contributed by atoms with Gasteiger partial charge in [-0.25, -0.2) is 4.98 Å². The fourth-order valence-electron chi connectivity index (χ4n) is 2.83. The van der Waals surface area contributed by atoms with Crippen LogP contribution in [0.2, 0.25) is 0 Å². The molecular formula is C20H20N4O. The maximum atomic E-state index is 10.4. The van der Waals surface area contributed by atoms with Crippen LogP contribution in [0.1, 0.15) is 25.2 Å². The van der Waals surface area contributed by atoms with Gasteiger partial charge in [0.2, 0.25) is 0 Å². The lowest BCUT2D eigenvalue weighted by Crippen LogP contribution is -2.21. The second-order valence-corrected chi connectivity index (χ2v) is 5.69. The Balaban J connectivity index is 1.98. The van der Waals surface area contributed by atoms with E-state index in [-0.39, 0.29) is 5.75 Å². The number of aromatic amines is 1. The summed E-state index contributed by atoms with van der Waals surface area (Å²) in [5, 5.41) is 19.9. The van der Waals surface area contributed by atoms with Crippen molar-refractivity contribution >= 4 is 28.4 Å². The minimum absolute atomic E-state index is 0.147. The van der Waals surface area contributed by atoms with Crippen LogP contribution in [0.5, 0.6) is 5.75 Å². The van der Waals surface area contributed by atoms with E-state index in [1.807, 2.05) is 36.4 Å². The molecule has 0 fully saturated rings. The van der Waals surface area contributed by atoms with Gasteiger partial charge in [-0.15, -0.1) is 0 Å². The number of para-hydroxylation sites is 2. The third-order valence-corrected chi connectivity index (χ3v) is 4.21. The summed E-state index contributed by atoms with van der Waals surface area (Å²) in [5.41, 5.74) is 3.61. The molecular weight excluding hydrogens is 312 g/mol. The summed E-state index contributed by atoms with van der Waals surface area (Å²) < 4.78 is 0. The number of anilines is 1. The molecule has 3 aromatic rings. The maximum absolute atomic E-state index is 10.4. The Morgan fingerprint density at radius 1 is 1.24 bits per heavy atom. The smallest absolute Gasteiger partial charge is 0.149 e. The molecule has 1 aromatic heterocycles. The molecule has 0 saturated heterocycles. The zero-order valence-corrected chi connectivity index (χ0v) is 14.3.